The molecule has 1 atom stereocenters. The van der Waals surface area contributed by atoms with Gasteiger partial charge in [0.2, 0.25) is 5.91 Å². The molecule has 2 N–H and O–H groups in total. The van der Waals surface area contributed by atoms with E-state index in [9.17, 15) is 14.4 Å². The third-order valence-corrected chi connectivity index (χ3v) is 4.45. The Bertz CT molecular complexity index is 678. The van der Waals surface area contributed by atoms with Gasteiger partial charge in [0.25, 0.3) is 5.91 Å². The highest BCUT2D eigenvalue weighted by atomic mass is 16.6. The summed E-state index contributed by atoms with van der Waals surface area (Å²) in [4.78, 5) is 37.0. The largest absolute Gasteiger partial charge is 0.481 e. The van der Waals surface area contributed by atoms with Crippen LogP contribution in [-0.4, -0.2) is 48.5 Å². The summed E-state index contributed by atoms with van der Waals surface area (Å²) < 4.78 is 10.6. The van der Waals surface area contributed by atoms with Crippen molar-refractivity contribution < 1.29 is 23.9 Å². The molecule has 1 heterocycles. The number of aryl methyl sites for hydroxylation is 3. The molecule has 2 rings (SSSR count). The molecule has 0 radical (unpaired) electrons. The number of primary amides is 1. The molecule has 0 unspecified atom stereocenters. The van der Waals surface area contributed by atoms with Crippen LogP contribution in [0, 0.1) is 20.8 Å². The average molecular weight is 362 g/mol. The molecule has 26 heavy (non-hydrogen) atoms. The molecule has 7 nitrogen and oxygen atoms in total. The summed E-state index contributed by atoms with van der Waals surface area (Å²) in [5, 5.41) is 0. The standard InChI is InChI=1S/C19H26N2O5/c1-12-8-13(2)18(14(3)9-12)26-11-17(23)25-10-16(22)21-7-5-4-6-15(21)19(20)24/h8-9,15H,4-7,10-11H2,1-3H3,(H2,20,24)/t15-/m1/s1. The smallest absolute Gasteiger partial charge is 0.344 e. The molecule has 1 aliphatic rings. The predicted molar refractivity (Wildman–Crippen MR) is 95.7 cm³/mol. The molecule has 1 aromatic carbocycles. The molecule has 0 saturated carbocycles. The summed E-state index contributed by atoms with van der Waals surface area (Å²) in [6.07, 6.45) is 2.20. The van der Waals surface area contributed by atoms with Gasteiger partial charge in [-0.05, 0) is 51.2 Å². The number of nitrogens with two attached hydrogens (primary N) is 1. The summed E-state index contributed by atoms with van der Waals surface area (Å²) in [6.45, 7) is 5.55. The predicted octanol–water partition coefficient (Wildman–Crippen LogP) is 1.40. The number of esters is 1. The van der Waals surface area contributed by atoms with Crippen LogP contribution < -0.4 is 10.5 Å². The molecular formula is C19H26N2O5. The van der Waals surface area contributed by atoms with Gasteiger partial charge in [0.15, 0.2) is 13.2 Å². The van der Waals surface area contributed by atoms with Crippen LogP contribution in [0.3, 0.4) is 0 Å². The van der Waals surface area contributed by atoms with Crippen molar-refractivity contribution in [3.05, 3.63) is 28.8 Å². The first-order valence-corrected chi connectivity index (χ1v) is 8.74. The van der Waals surface area contributed by atoms with Crippen molar-refractivity contribution in [1.82, 2.24) is 4.90 Å². The number of piperidine rings is 1. The van der Waals surface area contributed by atoms with Crippen molar-refractivity contribution in [2.24, 2.45) is 5.73 Å². The molecule has 7 heteroatoms. The molecule has 0 aromatic heterocycles. The van der Waals surface area contributed by atoms with Gasteiger partial charge < -0.3 is 20.1 Å². The number of carbonyl (C=O) groups is 3. The summed E-state index contributed by atoms with van der Waals surface area (Å²) in [7, 11) is 0. The summed E-state index contributed by atoms with van der Waals surface area (Å²) in [6, 6.07) is 3.32. The van der Waals surface area contributed by atoms with Gasteiger partial charge in [0, 0.05) is 6.54 Å². The van der Waals surface area contributed by atoms with Crippen molar-refractivity contribution in [3.8, 4) is 5.75 Å². The molecule has 0 aliphatic carbocycles. The Balaban J connectivity index is 1.85. The summed E-state index contributed by atoms with van der Waals surface area (Å²) in [5.41, 5.74) is 8.33. The van der Waals surface area contributed by atoms with Crippen LogP contribution in [-0.2, 0) is 19.1 Å². The minimum atomic E-state index is -0.634. The van der Waals surface area contributed by atoms with Crippen LogP contribution >= 0.6 is 0 Å². The zero-order valence-electron chi connectivity index (χ0n) is 15.5. The number of hydrogen-bond donors (Lipinski definition) is 1. The Hall–Kier alpha value is -2.57. The first-order valence-electron chi connectivity index (χ1n) is 8.74. The Morgan fingerprint density at radius 3 is 2.38 bits per heavy atom. The quantitative estimate of drug-likeness (QED) is 0.771. The van der Waals surface area contributed by atoms with Crippen molar-refractivity contribution in [2.45, 2.75) is 46.1 Å². The zero-order valence-corrected chi connectivity index (χ0v) is 15.5. The SMILES string of the molecule is Cc1cc(C)c(OCC(=O)OCC(=O)N2CCCC[C@@H]2C(N)=O)c(C)c1. The summed E-state index contributed by atoms with van der Waals surface area (Å²) in [5.74, 6) is -0.934. The maximum absolute atomic E-state index is 12.2. The Labute approximate surface area is 153 Å². The Kier molecular flexibility index (Phi) is 6.60. The number of hydrogen-bond acceptors (Lipinski definition) is 5. The third kappa shape index (κ3) is 4.97. The van der Waals surface area contributed by atoms with Gasteiger partial charge in [-0.25, -0.2) is 4.79 Å². The van der Waals surface area contributed by atoms with E-state index in [1.54, 1.807) is 0 Å². The maximum Gasteiger partial charge on any atom is 0.344 e. The number of benzene rings is 1. The fourth-order valence-electron chi connectivity index (χ4n) is 3.32. The van der Waals surface area contributed by atoms with Crippen LogP contribution in [0.2, 0.25) is 0 Å². The molecule has 142 valence electrons. The lowest BCUT2D eigenvalue weighted by atomic mass is 10.0. The highest BCUT2D eigenvalue weighted by Gasteiger charge is 2.31. The number of amides is 2. The minimum absolute atomic E-state index is 0.280. The normalized spacial score (nSPS) is 16.9. The molecular weight excluding hydrogens is 336 g/mol. The molecule has 1 aliphatic heterocycles. The van der Waals surface area contributed by atoms with E-state index >= 15 is 0 Å². The number of carbonyl (C=O) groups excluding carboxylic acids is 3. The van der Waals surface area contributed by atoms with E-state index in [2.05, 4.69) is 0 Å². The lowest BCUT2D eigenvalue weighted by Crippen LogP contribution is -2.51. The highest BCUT2D eigenvalue weighted by Crippen LogP contribution is 2.24. The fourth-order valence-corrected chi connectivity index (χ4v) is 3.32. The van der Waals surface area contributed by atoms with Crippen molar-refractivity contribution >= 4 is 17.8 Å². The molecule has 1 aromatic rings. The van der Waals surface area contributed by atoms with E-state index in [4.69, 9.17) is 15.2 Å². The number of ether oxygens (including phenoxy) is 2. The first-order chi connectivity index (χ1) is 12.3. The second kappa shape index (κ2) is 8.69. The first kappa shape index (κ1) is 19.8. The van der Waals surface area contributed by atoms with Gasteiger partial charge in [0.05, 0.1) is 0 Å². The van der Waals surface area contributed by atoms with Crippen molar-refractivity contribution in [1.29, 1.82) is 0 Å². The van der Waals surface area contributed by atoms with Crippen LogP contribution in [0.15, 0.2) is 12.1 Å². The van der Waals surface area contributed by atoms with Gasteiger partial charge in [-0.15, -0.1) is 0 Å². The van der Waals surface area contributed by atoms with E-state index in [1.165, 1.54) is 4.90 Å². The van der Waals surface area contributed by atoms with E-state index in [-0.39, 0.29) is 6.61 Å². The number of nitrogens with zero attached hydrogens (tertiary/aromatic N) is 1. The third-order valence-electron chi connectivity index (χ3n) is 4.45. The Morgan fingerprint density at radius 2 is 1.77 bits per heavy atom. The van der Waals surface area contributed by atoms with Crippen LogP contribution in [0.25, 0.3) is 0 Å². The minimum Gasteiger partial charge on any atom is -0.481 e. The van der Waals surface area contributed by atoms with Crippen LogP contribution in [0.5, 0.6) is 5.75 Å². The van der Waals surface area contributed by atoms with Gasteiger partial charge in [0.1, 0.15) is 11.8 Å². The maximum atomic E-state index is 12.2. The van der Waals surface area contributed by atoms with Crippen LogP contribution in [0.4, 0.5) is 0 Å². The monoisotopic (exact) mass is 362 g/mol. The average Bonchev–Trinajstić information content (AvgIpc) is 2.58. The fraction of sp³-hybridized carbons (Fsp3) is 0.526. The number of likely N-dealkylation sites (tertiary alicyclic amines) is 1. The second-order valence-corrected chi connectivity index (χ2v) is 6.68. The molecule has 2 amide bonds. The van der Waals surface area contributed by atoms with Crippen molar-refractivity contribution in [3.63, 3.8) is 0 Å². The van der Waals surface area contributed by atoms with Gasteiger partial charge in [-0.1, -0.05) is 17.7 Å². The van der Waals surface area contributed by atoms with Crippen LogP contribution in [0.1, 0.15) is 36.0 Å². The Morgan fingerprint density at radius 1 is 1.12 bits per heavy atom. The lowest BCUT2D eigenvalue weighted by molar-refractivity contribution is -0.156. The van der Waals surface area contributed by atoms with E-state index in [0.717, 1.165) is 29.5 Å². The lowest BCUT2D eigenvalue weighted by Gasteiger charge is -2.33. The summed E-state index contributed by atoms with van der Waals surface area (Å²) >= 11 is 0. The van der Waals surface area contributed by atoms with Gasteiger partial charge in [-0.3, -0.25) is 9.59 Å². The molecule has 1 saturated heterocycles. The van der Waals surface area contributed by atoms with Crippen molar-refractivity contribution in [2.75, 3.05) is 19.8 Å². The molecule has 0 spiro atoms. The topological polar surface area (TPSA) is 98.9 Å². The highest BCUT2D eigenvalue weighted by molar-refractivity contribution is 5.88. The van der Waals surface area contributed by atoms with E-state index < -0.39 is 30.4 Å². The molecule has 1 fully saturated rings. The zero-order chi connectivity index (χ0) is 19.3. The van der Waals surface area contributed by atoms with Gasteiger partial charge in [-0.2, -0.15) is 0 Å². The number of rotatable bonds is 6. The van der Waals surface area contributed by atoms with E-state index in [1.807, 2.05) is 32.9 Å². The van der Waals surface area contributed by atoms with Gasteiger partial charge >= 0.3 is 5.97 Å². The second-order valence-electron chi connectivity index (χ2n) is 6.68. The molecule has 0 bridgehead atoms. The van der Waals surface area contributed by atoms with E-state index in [0.29, 0.717) is 18.7 Å².